The van der Waals surface area contributed by atoms with Gasteiger partial charge in [-0.2, -0.15) is 0 Å². The average molecular weight is 313 g/mol. The van der Waals surface area contributed by atoms with Gasteiger partial charge >= 0.3 is 18.0 Å². The first-order chi connectivity index (χ1) is 10.0. The first-order valence-corrected chi connectivity index (χ1v) is 6.57. The molecule has 2 rings (SSSR count). The minimum Gasteiger partial charge on any atom is -0.476 e. The van der Waals surface area contributed by atoms with Crippen LogP contribution in [0.15, 0.2) is 10.5 Å². The summed E-state index contributed by atoms with van der Waals surface area (Å²) in [7, 11) is 1.21. The molecule has 0 aromatic carbocycles. The number of carboxylic acid groups (broad SMARTS) is 1. The third-order valence-corrected chi connectivity index (χ3v) is 3.21. The molecule has 0 radical (unpaired) electrons. The van der Waals surface area contributed by atoms with Crippen molar-refractivity contribution >= 4 is 40.2 Å². The Morgan fingerprint density at radius 3 is 2.95 bits per heavy atom. The van der Waals surface area contributed by atoms with Gasteiger partial charge in [0.05, 0.1) is 0 Å². The van der Waals surface area contributed by atoms with Crippen molar-refractivity contribution < 1.29 is 24.3 Å². The fourth-order valence-electron chi connectivity index (χ4n) is 1.55. The van der Waals surface area contributed by atoms with Crippen molar-refractivity contribution in [2.24, 2.45) is 5.16 Å². The summed E-state index contributed by atoms with van der Waals surface area (Å²) in [5, 5.41) is 18.8. The SMILES string of the molecule is CON=C(C(=O)O)c1csc(NC(=O)N2CCNC2=O)n1. The van der Waals surface area contributed by atoms with Crippen molar-refractivity contribution in [3.05, 3.63) is 11.1 Å². The molecule has 1 aromatic rings. The molecule has 1 aliphatic rings. The van der Waals surface area contributed by atoms with Crippen molar-refractivity contribution in [2.75, 3.05) is 25.5 Å². The Balaban J connectivity index is 2.09. The van der Waals surface area contributed by atoms with Crippen LogP contribution in [0.5, 0.6) is 0 Å². The lowest BCUT2D eigenvalue weighted by Gasteiger charge is -2.11. The van der Waals surface area contributed by atoms with Gasteiger partial charge in [0.25, 0.3) is 0 Å². The van der Waals surface area contributed by atoms with Gasteiger partial charge in [-0.1, -0.05) is 5.16 Å². The summed E-state index contributed by atoms with van der Waals surface area (Å²) in [5.74, 6) is -1.31. The Morgan fingerprint density at radius 1 is 1.62 bits per heavy atom. The molecule has 2 heterocycles. The van der Waals surface area contributed by atoms with Crippen LogP contribution in [0.4, 0.5) is 14.7 Å². The van der Waals surface area contributed by atoms with Crippen molar-refractivity contribution in [1.29, 1.82) is 0 Å². The van der Waals surface area contributed by atoms with Gasteiger partial charge in [-0.05, 0) is 0 Å². The zero-order valence-corrected chi connectivity index (χ0v) is 11.6. The zero-order valence-electron chi connectivity index (χ0n) is 10.8. The maximum atomic E-state index is 11.8. The Labute approximate surface area is 122 Å². The van der Waals surface area contributed by atoms with E-state index in [2.05, 4.69) is 25.6 Å². The Morgan fingerprint density at radius 2 is 2.38 bits per heavy atom. The third kappa shape index (κ3) is 3.25. The average Bonchev–Trinajstić information content (AvgIpc) is 3.04. The van der Waals surface area contributed by atoms with E-state index >= 15 is 0 Å². The van der Waals surface area contributed by atoms with E-state index < -0.39 is 18.0 Å². The van der Waals surface area contributed by atoms with Gasteiger partial charge in [-0.3, -0.25) is 5.32 Å². The fraction of sp³-hybridized carbons (Fsp3) is 0.300. The highest BCUT2D eigenvalue weighted by Gasteiger charge is 2.27. The van der Waals surface area contributed by atoms with Crippen LogP contribution in [-0.2, 0) is 9.63 Å². The standard InChI is InChI=1S/C10H11N5O5S/c1-20-14-6(7(16)17)5-4-21-8(12-5)13-10(19)15-3-2-11-9(15)18/h4H,2-3H2,1H3,(H,11,18)(H,16,17)(H,12,13,19). The summed E-state index contributed by atoms with van der Waals surface area (Å²) in [6, 6.07) is -1.12. The van der Waals surface area contributed by atoms with Crippen molar-refractivity contribution in [3.63, 3.8) is 0 Å². The van der Waals surface area contributed by atoms with E-state index in [4.69, 9.17) is 5.11 Å². The number of nitrogens with one attached hydrogen (secondary N) is 2. The van der Waals surface area contributed by atoms with Crippen LogP contribution in [0.3, 0.4) is 0 Å². The second-order valence-electron chi connectivity index (χ2n) is 3.78. The number of thiazole rings is 1. The number of aromatic nitrogens is 1. The van der Waals surface area contributed by atoms with E-state index in [1.807, 2.05) is 0 Å². The molecule has 0 aliphatic carbocycles. The number of carboxylic acids is 1. The number of amides is 4. The van der Waals surface area contributed by atoms with Gasteiger partial charge in [-0.25, -0.2) is 24.3 Å². The molecule has 112 valence electrons. The van der Waals surface area contributed by atoms with Gasteiger partial charge < -0.3 is 15.3 Å². The lowest BCUT2D eigenvalue weighted by Crippen LogP contribution is -2.37. The van der Waals surface area contributed by atoms with Crippen molar-refractivity contribution in [1.82, 2.24) is 15.2 Å². The smallest absolute Gasteiger partial charge is 0.360 e. The second-order valence-corrected chi connectivity index (χ2v) is 4.64. The summed E-state index contributed by atoms with van der Waals surface area (Å²) in [5.41, 5.74) is -0.330. The lowest BCUT2D eigenvalue weighted by atomic mass is 10.3. The van der Waals surface area contributed by atoms with Crippen LogP contribution in [0.25, 0.3) is 0 Å². The first-order valence-electron chi connectivity index (χ1n) is 5.69. The molecule has 3 N–H and O–H groups in total. The minimum absolute atomic E-state index is 0.0514. The number of imide groups is 1. The Hall–Kier alpha value is -2.69. The van der Waals surface area contributed by atoms with Crippen LogP contribution in [0.2, 0.25) is 0 Å². The van der Waals surface area contributed by atoms with Crippen LogP contribution >= 0.6 is 11.3 Å². The molecule has 1 fully saturated rings. The number of carbonyl (C=O) groups excluding carboxylic acids is 2. The minimum atomic E-state index is -1.31. The number of hydrogen-bond donors (Lipinski definition) is 3. The van der Waals surface area contributed by atoms with E-state index in [0.717, 1.165) is 16.2 Å². The van der Waals surface area contributed by atoms with Gasteiger partial charge in [0.1, 0.15) is 12.8 Å². The number of oxime groups is 1. The molecule has 1 saturated heterocycles. The van der Waals surface area contributed by atoms with E-state index in [1.165, 1.54) is 12.5 Å². The number of rotatable bonds is 4. The number of nitrogens with zero attached hydrogens (tertiary/aromatic N) is 3. The van der Waals surface area contributed by atoms with Crippen LogP contribution in [0, 0.1) is 0 Å². The lowest BCUT2D eigenvalue weighted by molar-refractivity contribution is -0.129. The number of hydrogen-bond acceptors (Lipinski definition) is 7. The molecule has 0 spiro atoms. The molecule has 0 bridgehead atoms. The van der Waals surface area contributed by atoms with E-state index in [1.54, 1.807) is 0 Å². The number of aliphatic carboxylic acids is 1. The molecule has 0 unspecified atom stereocenters. The molecule has 1 aromatic heterocycles. The summed E-state index contributed by atoms with van der Waals surface area (Å²) < 4.78 is 0. The number of carbonyl (C=O) groups is 3. The summed E-state index contributed by atoms with van der Waals surface area (Å²) in [4.78, 5) is 43.5. The molecular formula is C10H11N5O5S. The number of urea groups is 2. The van der Waals surface area contributed by atoms with Gasteiger partial charge in [0.15, 0.2) is 5.13 Å². The molecular weight excluding hydrogens is 302 g/mol. The fourth-order valence-corrected chi connectivity index (χ4v) is 2.24. The van der Waals surface area contributed by atoms with Crippen molar-refractivity contribution in [3.8, 4) is 0 Å². The first kappa shape index (κ1) is 14.7. The predicted molar refractivity (Wildman–Crippen MR) is 72.4 cm³/mol. The quantitative estimate of drug-likeness (QED) is 0.534. The van der Waals surface area contributed by atoms with Crippen LogP contribution in [-0.4, -0.2) is 58.9 Å². The van der Waals surface area contributed by atoms with E-state index in [0.29, 0.717) is 6.54 Å². The maximum Gasteiger partial charge on any atom is 0.360 e. The normalized spacial score (nSPS) is 14.8. The van der Waals surface area contributed by atoms with Gasteiger partial charge in [0.2, 0.25) is 5.71 Å². The number of anilines is 1. The highest BCUT2D eigenvalue weighted by Crippen LogP contribution is 2.17. The van der Waals surface area contributed by atoms with Crippen molar-refractivity contribution in [2.45, 2.75) is 0 Å². The topological polar surface area (TPSA) is 133 Å². The summed E-state index contributed by atoms with van der Waals surface area (Å²) in [6.07, 6.45) is 0. The molecule has 21 heavy (non-hydrogen) atoms. The van der Waals surface area contributed by atoms with E-state index in [-0.39, 0.29) is 23.1 Å². The highest BCUT2D eigenvalue weighted by molar-refractivity contribution is 7.14. The van der Waals surface area contributed by atoms with Gasteiger partial charge in [0, 0.05) is 18.5 Å². The third-order valence-electron chi connectivity index (χ3n) is 2.45. The van der Waals surface area contributed by atoms with Crippen LogP contribution < -0.4 is 10.6 Å². The largest absolute Gasteiger partial charge is 0.476 e. The maximum absolute atomic E-state index is 11.8. The Kier molecular flexibility index (Phi) is 4.33. The molecule has 0 saturated carbocycles. The summed E-state index contributed by atoms with van der Waals surface area (Å²) >= 11 is 1.01. The molecule has 0 atom stereocenters. The van der Waals surface area contributed by atoms with Crippen LogP contribution in [0.1, 0.15) is 5.69 Å². The predicted octanol–water partition coefficient (Wildman–Crippen LogP) is 0.135. The van der Waals surface area contributed by atoms with E-state index in [9.17, 15) is 14.4 Å². The monoisotopic (exact) mass is 313 g/mol. The molecule has 10 nitrogen and oxygen atoms in total. The van der Waals surface area contributed by atoms with Gasteiger partial charge in [-0.15, -0.1) is 11.3 Å². The molecule has 1 aliphatic heterocycles. The molecule has 4 amide bonds. The molecule has 11 heteroatoms. The zero-order chi connectivity index (χ0) is 15.4. The summed E-state index contributed by atoms with van der Waals surface area (Å²) in [6.45, 7) is 0.646. The Bertz CT molecular complexity index is 613. The second kappa shape index (κ2) is 6.17. The highest BCUT2D eigenvalue weighted by atomic mass is 32.1.